The second-order valence-corrected chi connectivity index (χ2v) is 12.0. The molecule has 0 bridgehead atoms. The van der Waals surface area contributed by atoms with Gasteiger partial charge >= 0.3 is 0 Å². The molecule has 1 N–H and O–H groups in total. The smallest absolute Gasteiger partial charge is 0.249 e. The van der Waals surface area contributed by atoms with Crippen LogP contribution in [0, 0.1) is 11.8 Å². The predicted octanol–water partition coefficient (Wildman–Crippen LogP) is 3.36. The van der Waals surface area contributed by atoms with E-state index >= 15 is 0 Å². The lowest BCUT2D eigenvalue weighted by Crippen LogP contribution is -2.59. The Hall–Kier alpha value is -3.75. The monoisotopic (exact) mass is 569 g/mol. The number of nitrogens with zero attached hydrogens (tertiary/aromatic N) is 3. The largest absolute Gasteiger partial charge is 0.394 e. The molecular weight excluding hydrogens is 530 g/mol. The molecule has 1 unspecified atom stereocenters. The fourth-order valence-corrected chi connectivity index (χ4v) is 7.43. The lowest BCUT2D eigenvalue weighted by molar-refractivity contribution is -0.154. The van der Waals surface area contributed by atoms with Crippen molar-refractivity contribution in [2.24, 2.45) is 11.8 Å². The third-order valence-electron chi connectivity index (χ3n) is 9.35. The van der Waals surface area contributed by atoms with Gasteiger partial charge in [0.15, 0.2) is 0 Å². The molecule has 3 amide bonds. The van der Waals surface area contributed by atoms with E-state index in [-0.39, 0.29) is 24.3 Å². The lowest BCUT2D eigenvalue weighted by Gasteiger charge is -2.40. The summed E-state index contributed by atoms with van der Waals surface area (Å²) in [7, 11) is 0. The molecule has 2 aromatic rings. The minimum atomic E-state index is -1.35. The topological polar surface area (TPSA) is 90.4 Å². The van der Waals surface area contributed by atoms with Crippen LogP contribution in [0.15, 0.2) is 85.0 Å². The zero-order valence-electron chi connectivity index (χ0n) is 24.3. The SMILES string of the molecule is CCCCN1CC=C[C@]23O[C@]4(C)C=CCN(c5ccccc5)C(=O)[C@@H]4[C@H]2C(=O)N([C@@H](CO)Cc2ccccc2)C3C1=O. The van der Waals surface area contributed by atoms with Crippen molar-refractivity contribution in [2.45, 2.75) is 56.4 Å². The van der Waals surface area contributed by atoms with Crippen molar-refractivity contribution in [3.8, 4) is 0 Å². The second kappa shape index (κ2) is 11.2. The molecule has 2 fully saturated rings. The first-order valence-corrected chi connectivity index (χ1v) is 15.0. The van der Waals surface area contributed by atoms with Crippen molar-refractivity contribution in [3.05, 3.63) is 90.5 Å². The minimum Gasteiger partial charge on any atom is -0.394 e. The van der Waals surface area contributed by atoms with E-state index in [0.29, 0.717) is 26.1 Å². The first-order chi connectivity index (χ1) is 20.3. The van der Waals surface area contributed by atoms with Gasteiger partial charge in [0.1, 0.15) is 11.6 Å². The zero-order valence-corrected chi connectivity index (χ0v) is 24.3. The van der Waals surface area contributed by atoms with Crippen LogP contribution in [0.2, 0.25) is 0 Å². The molecule has 8 nitrogen and oxygen atoms in total. The summed E-state index contributed by atoms with van der Waals surface area (Å²) in [6.07, 6.45) is 9.73. The summed E-state index contributed by atoms with van der Waals surface area (Å²) in [5.41, 5.74) is -0.753. The number of ether oxygens (including phenoxy) is 1. The van der Waals surface area contributed by atoms with Crippen molar-refractivity contribution in [3.63, 3.8) is 0 Å². The van der Waals surface area contributed by atoms with E-state index in [9.17, 15) is 19.5 Å². The van der Waals surface area contributed by atoms with Gasteiger partial charge in [-0.3, -0.25) is 14.4 Å². The van der Waals surface area contributed by atoms with E-state index in [1.54, 1.807) is 14.7 Å². The number of hydrogen-bond acceptors (Lipinski definition) is 5. The molecule has 0 saturated carbocycles. The van der Waals surface area contributed by atoms with Gasteiger partial charge in [-0.2, -0.15) is 0 Å². The summed E-state index contributed by atoms with van der Waals surface area (Å²) in [5.74, 6) is -2.51. The summed E-state index contributed by atoms with van der Waals surface area (Å²) in [4.78, 5) is 48.7. The second-order valence-electron chi connectivity index (χ2n) is 12.0. The number of para-hydroxylation sites is 1. The molecule has 4 heterocycles. The van der Waals surface area contributed by atoms with E-state index in [4.69, 9.17) is 4.74 Å². The van der Waals surface area contributed by atoms with Crippen LogP contribution in [-0.2, 0) is 25.5 Å². The van der Waals surface area contributed by atoms with Crippen molar-refractivity contribution >= 4 is 23.4 Å². The Morgan fingerprint density at radius 1 is 0.905 bits per heavy atom. The van der Waals surface area contributed by atoms with Crippen LogP contribution in [0.3, 0.4) is 0 Å². The third kappa shape index (κ3) is 4.48. The first kappa shape index (κ1) is 28.4. The maximum absolute atomic E-state index is 14.8. The Kier molecular flexibility index (Phi) is 7.53. The molecule has 0 radical (unpaired) electrons. The van der Waals surface area contributed by atoms with Gasteiger partial charge in [-0.05, 0) is 37.5 Å². The summed E-state index contributed by atoms with van der Waals surface area (Å²) in [6.45, 7) is 4.92. The van der Waals surface area contributed by atoms with E-state index in [2.05, 4.69) is 6.92 Å². The Balaban J connectivity index is 1.47. The van der Waals surface area contributed by atoms with Gasteiger partial charge in [-0.15, -0.1) is 0 Å². The fraction of sp³-hybridized carbons (Fsp3) is 0.441. The number of aliphatic hydroxyl groups is 1. The van der Waals surface area contributed by atoms with Crippen molar-refractivity contribution in [2.75, 3.05) is 31.1 Å². The number of amides is 3. The molecular formula is C34H39N3O5. The number of likely N-dealkylation sites (tertiary alicyclic amines) is 1. The highest BCUT2D eigenvalue weighted by molar-refractivity contribution is 6.04. The average molecular weight is 570 g/mol. The minimum absolute atomic E-state index is 0.202. The Labute approximate surface area is 247 Å². The number of anilines is 1. The molecule has 220 valence electrons. The fourth-order valence-electron chi connectivity index (χ4n) is 7.43. The maximum Gasteiger partial charge on any atom is 0.249 e. The molecule has 0 aliphatic carbocycles. The first-order valence-electron chi connectivity index (χ1n) is 15.0. The van der Waals surface area contributed by atoms with Gasteiger partial charge < -0.3 is 24.5 Å². The van der Waals surface area contributed by atoms with Crippen LogP contribution < -0.4 is 4.90 Å². The molecule has 6 atom stereocenters. The molecule has 6 rings (SSSR count). The molecule has 4 aliphatic heterocycles. The third-order valence-corrected chi connectivity index (χ3v) is 9.35. The van der Waals surface area contributed by atoms with Crippen LogP contribution in [0.25, 0.3) is 0 Å². The lowest BCUT2D eigenvalue weighted by atomic mass is 9.74. The molecule has 1 spiro atoms. The number of fused-ring (bicyclic) bond motifs is 2. The van der Waals surface area contributed by atoms with Crippen molar-refractivity contribution < 1.29 is 24.2 Å². The molecule has 2 aromatic carbocycles. The van der Waals surface area contributed by atoms with Crippen LogP contribution in [-0.4, -0.2) is 82.2 Å². The normalized spacial score (nSPS) is 31.1. The van der Waals surface area contributed by atoms with Gasteiger partial charge in [0.2, 0.25) is 17.7 Å². The van der Waals surface area contributed by atoms with Crippen LogP contribution in [0.5, 0.6) is 0 Å². The number of hydrogen-bond donors (Lipinski definition) is 1. The van der Waals surface area contributed by atoms with E-state index in [1.165, 1.54) is 0 Å². The van der Waals surface area contributed by atoms with E-state index in [0.717, 1.165) is 24.1 Å². The van der Waals surface area contributed by atoms with E-state index in [1.807, 2.05) is 91.9 Å². The molecule has 2 saturated heterocycles. The van der Waals surface area contributed by atoms with Gasteiger partial charge in [0, 0.05) is 25.3 Å². The molecule has 42 heavy (non-hydrogen) atoms. The number of benzene rings is 2. The highest BCUT2D eigenvalue weighted by Gasteiger charge is 2.75. The van der Waals surface area contributed by atoms with Gasteiger partial charge in [0.05, 0.1) is 30.1 Å². The maximum atomic E-state index is 14.8. The van der Waals surface area contributed by atoms with E-state index < -0.39 is 35.1 Å². The number of carbonyl (C=O) groups excluding carboxylic acids is 3. The quantitative estimate of drug-likeness (QED) is 0.493. The van der Waals surface area contributed by atoms with Gasteiger partial charge in [-0.25, -0.2) is 0 Å². The molecule has 8 heteroatoms. The summed E-state index contributed by atoms with van der Waals surface area (Å²) in [6, 6.07) is 17.4. The Morgan fingerprint density at radius 3 is 2.29 bits per heavy atom. The summed E-state index contributed by atoms with van der Waals surface area (Å²) < 4.78 is 6.94. The molecule has 4 aliphatic rings. The Bertz CT molecular complexity index is 1390. The van der Waals surface area contributed by atoms with Crippen LogP contribution in [0.1, 0.15) is 32.3 Å². The number of unbranched alkanes of at least 4 members (excludes halogenated alkanes) is 1. The van der Waals surface area contributed by atoms with Gasteiger partial charge in [-0.1, -0.05) is 86.2 Å². The van der Waals surface area contributed by atoms with Crippen LogP contribution >= 0.6 is 0 Å². The summed E-state index contributed by atoms with van der Waals surface area (Å²) >= 11 is 0. The highest BCUT2D eigenvalue weighted by atomic mass is 16.5. The zero-order chi connectivity index (χ0) is 29.5. The summed E-state index contributed by atoms with van der Waals surface area (Å²) in [5, 5.41) is 10.7. The number of carbonyl (C=O) groups is 3. The van der Waals surface area contributed by atoms with Crippen molar-refractivity contribution in [1.82, 2.24) is 9.80 Å². The standard InChI is InChI=1S/C34H39N3O5/c1-3-4-19-35-20-12-18-34-28(27-30(39)36(25-15-9-6-10-16-25)21-11-17-33(27,2)42-34)31(40)37(29(34)32(35)41)26(23-38)22-24-13-7-5-8-14-24/h5-18,26-29,38H,3-4,19-23H2,1-2H3/t26-,27+,28+,29?,33-,34+/m1/s1. The number of aliphatic hydroxyl groups excluding tert-OH is 1. The predicted molar refractivity (Wildman–Crippen MR) is 159 cm³/mol. The van der Waals surface area contributed by atoms with Gasteiger partial charge in [0.25, 0.3) is 0 Å². The Morgan fingerprint density at radius 2 is 1.60 bits per heavy atom. The van der Waals surface area contributed by atoms with Crippen molar-refractivity contribution in [1.29, 1.82) is 0 Å². The molecule has 0 aromatic heterocycles. The average Bonchev–Trinajstić information content (AvgIpc) is 3.28. The number of rotatable bonds is 8. The van der Waals surface area contributed by atoms with Crippen LogP contribution in [0.4, 0.5) is 5.69 Å². The highest BCUT2D eigenvalue weighted by Crippen LogP contribution is 2.58.